The van der Waals surface area contributed by atoms with E-state index in [1.54, 1.807) is 0 Å². The number of likely N-dealkylation sites (tertiary alicyclic amines) is 1. The Morgan fingerprint density at radius 3 is 2.42 bits per heavy atom. The Labute approximate surface area is 127 Å². The maximum atomic E-state index is 6.22. The third-order valence-electron chi connectivity index (χ3n) is 4.55. The molecule has 1 unspecified atom stereocenters. The fraction of sp³-hybridized carbons (Fsp3) is 0.769. The molecule has 1 saturated carbocycles. The zero-order valence-corrected chi connectivity index (χ0v) is 13.0. The van der Waals surface area contributed by atoms with Crippen molar-refractivity contribution in [3.8, 4) is 0 Å². The quantitative estimate of drug-likeness (QED) is 0.920. The molecule has 2 bridgehead atoms. The summed E-state index contributed by atoms with van der Waals surface area (Å²) in [6, 6.07) is 0.472. The first kappa shape index (κ1) is 16.8. The number of aryl methyl sites for hydroxylation is 1. The first-order valence-electron chi connectivity index (χ1n) is 6.68. The van der Waals surface area contributed by atoms with Crippen molar-refractivity contribution in [1.82, 2.24) is 14.5 Å². The van der Waals surface area contributed by atoms with Gasteiger partial charge in [-0.2, -0.15) is 0 Å². The van der Waals surface area contributed by atoms with E-state index in [1.807, 2.05) is 12.4 Å². The van der Waals surface area contributed by atoms with Crippen LogP contribution in [0.25, 0.3) is 0 Å². The number of hydrogen-bond donors (Lipinski definition) is 1. The third kappa shape index (κ3) is 3.43. The number of rotatable bonds is 3. The summed E-state index contributed by atoms with van der Waals surface area (Å²) in [7, 11) is 2.07. The number of nitrogens with zero attached hydrogens (tertiary/aromatic N) is 3. The molecule has 1 aromatic heterocycles. The highest BCUT2D eigenvalue weighted by atomic mass is 35.5. The average molecular weight is 307 g/mol. The zero-order valence-electron chi connectivity index (χ0n) is 11.4. The van der Waals surface area contributed by atoms with Crippen LogP contribution in [0.2, 0.25) is 0 Å². The van der Waals surface area contributed by atoms with Crippen LogP contribution in [-0.2, 0) is 13.5 Å². The first-order chi connectivity index (χ1) is 8.24. The smallest absolute Gasteiger partial charge is 0.109 e. The van der Waals surface area contributed by atoms with E-state index >= 15 is 0 Å². The number of aromatic nitrogens is 2. The topological polar surface area (TPSA) is 47.1 Å². The number of imidazole rings is 1. The number of halogens is 2. The third-order valence-corrected chi connectivity index (χ3v) is 4.55. The van der Waals surface area contributed by atoms with E-state index in [4.69, 9.17) is 5.73 Å². The van der Waals surface area contributed by atoms with Gasteiger partial charge in [0.05, 0.1) is 0 Å². The molecule has 0 radical (unpaired) electrons. The summed E-state index contributed by atoms with van der Waals surface area (Å²) in [5.41, 5.74) is 6.22. The van der Waals surface area contributed by atoms with Crippen molar-refractivity contribution in [2.45, 2.75) is 25.3 Å². The van der Waals surface area contributed by atoms with Crippen LogP contribution < -0.4 is 5.73 Å². The van der Waals surface area contributed by atoms with Crippen LogP contribution in [0, 0.1) is 11.8 Å². The molecule has 110 valence electrons. The monoisotopic (exact) mass is 306 g/mol. The van der Waals surface area contributed by atoms with Crippen LogP contribution in [0.5, 0.6) is 0 Å². The number of fused-ring (bicyclic) bond motifs is 2. The minimum Gasteiger partial charge on any atom is -0.338 e. The van der Waals surface area contributed by atoms with Gasteiger partial charge in [-0.25, -0.2) is 4.98 Å². The summed E-state index contributed by atoms with van der Waals surface area (Å²) >= 11 is 0. The van der Waals surface area contributed by atoms with Gasteiger partial charge in [-0.1, -0.05) is 0 Å². The van der Waals surface area contributed by atoms with Crippen molar-refractivity contribution in [2.24, 2.45) is 24.6 Å². The zero-order chi connectivity index (χ0) is 11.8. The highest BCUT2D eigenvalue weighted by Crippen LogP contribution is 2.35. The highest BCUT2D eigenvalue weighted by molar-refractivity contribution is 5.85. The summed E-state index contributed by atoms with van der Waals surface area (Å²) in [5, 5.41) is 0. The predicted molar refractivity (Wildman–Crippen MR) is 82.0 cm³/mol. The number of hydrogen-bond acceptors (Lipinski definition) is 3. The van der Waals surface area contributed by atoms with Crippen LogP contribution in [0.3, 0.4) is 0 Å². The molecule has 1 aliphatic heterocycles. The standard InChI is InChI=1S/C13H22N4.2ClH/c1-16-7-5-15-12(16)4-6-17-8-10-2-3-11(9-17)13(10)14;;/h5,7,10-11,13H,2-4,6,8-9,14H2,1H3;2*1H/t10-,11+,13?;;. The highest BCUT2D eigenvalue weighted by Gasteiger charge is 2.39. The normalized spacial score (nSPS) is 29.7. The van der Waals surface area contributed by atoms with Crippen molar-refractivity contribution in [3.63, 3.8) is 0 Å². The fourth-order valence-electron chi connectivity index (χ4n) is 3.44. The second-order valence-corrected chi connectivity index (χ2v) is 5.64. The maximum absolute atomic E-state index is 6.22. The van der Waals surface area contributed by atoms with Crippen molar-refractivity contribution < 1.29 is 0 Å². The second kappa shape index (κ2) is 6.93. The lowest BCUT2D eigenvalue weighted by Crippen LogP contribution is -2.49. The Morgan fingerprint density at radius 1 is 1.26 bits per heavy atom. The van der Waals surface area contributed by atoms with Gasteiger partial charge in [0, 0.05) is 51.5 Å². The Balaban J connectivity index is 0.000000902. The maximum Gasteiger partial charge on any atom is 0.109 e. The molecule has 4 nitrogen and oxygen atoms in total. The molecule has 2 aliphatic rings. The van der Waals surface area contributed by atoms with Crippen LogP contribution >= 0.6 is 24.8 Å². The molecule has 19 heavy (non-hydrogen) atoms. The molecule has 3 atom stereocenters. The number of nitrogens with two attached hydrogens (primary N) is 1. The lowest BCUT2D eigenvalue weighted by atomic mass is 9.93. The summed E-state index contributed by atoms with van der Waals surface area (Å²) < 4.78 is 2.12. The van der Waals surface area contributed by atoms with Crippen LogP contribution in [0.1, 0.15) is 18.7 Å². The minimum atomic E-state index is 0. The van der Waals surface area contributed by atoms with E-state index in [0.29, 0.717) is 6.04 Å². The van der Waals surface area contributed by atoms with Gasteiger partial charge in [-0.3, -0.25) is 0 Å². The molecule has 6 heteroatoms. The first-order valence-corrected chi connectivity index (χ1v) is 6.68. The van der Waals surface area contributed by atoms with Gasteiger partial charge < -0.3 is 15.2 Å². The molecule has 1 saturated heterocycles. The van der Waals surface area contributed by atoms with Crippen LogP contribution in [0.4, 0.5) is 0 Å². The molecular formula is C13H24Cl2N4. The average Bonchev–Trinajstić information content (AvgIpc) is 2.78. The minimum absolute atomic E-state index is 0. The van der Waals surface area contributed by atoms with Gasteiger partial charge in [0.1, 0.15) is 5.82 Å². The van der Waals surface area contributed by atoms with E-state index in [9.17, 15) is 0 Å². The van der Waals surface area contributed by atoms with E-state index in [2.05, 4.69) is 21.5 Å². The van der Waals surface area contributed by atoms with Crippen molar-refractivity contribution in [2.75, 3.05) is 19.6 Å². The molecule has 1 aromatic rings. The van der Waals surface area contributed by atoms with Gasteiger partial charge in [-0.05, 0) is 24.7 Å². The van der Waals surface area contributed by atoms with E-state index in [0.717, 1.165) is 24.8 Å². The summed E-state index contributed by atoms with van der Waals surface area (Å²) in [5.74, 6) is 2.68. The number of piperidine rings is 1. The van der Waals surface area contributed by atoms with Gasteiger partial charge >= 0.3 is 0 Å². The van der Waals surface area contributed by atoms with Crippen molar-refractivity contribution in [3.05, 3.63) is 18.2 Å². The van der Waals surface area contributed by atoms with E-state index in [1.165, 1.54) is 31.8 Å². The van der Waals surface area contributed by atoms with Crippen molar-refractivity contribution >= 4 is 24.8 Å². The Morgan fingerprint density at radius 2 is 1.89 bits per heavy atom. The molecule has 2 heterocycles. The van der Waals surface area contributed by atoms with Gasteiger partial charge in [0.2, 0.25) is 0 Å². The predicted octanol–water partition coefficient (Wildman–Crippen LogP) is 1.48. The fourth-order valence-corrected chi connectivity index (χ4v) is 3.44. The lowest BCUT2D eigenvalue weighted by Gasteiger charge is -2.36. The largest absolute Gasteiger partial charge is 0.338 e. The van der Waals surface area contributed by atoms with Gasteiger partial charge in [-0.15, -0.1) is 24.8 Å². The Kier molecular flexibility index (Phi) is 6.12. The summed E-state index contributed by atoms with van der Waals surface area (Å²) in [6.07, 6.45) is 7.63. The Hall–Kier alpha value is -0.290. The van der Waals surface area contributed by atoms with Gasteiger partial charge in [0.25, 0.3) is 0 Å². The molecule has 2 fully saturated rings. The molecular weight excluding hydrogens is 283 g/mol. The Bertz CT molecular complexity index is 382. The molecule has 3 rings (SSSR count). The second-order valence-electron chi connectivity index (χ2n) is 5.64. The van der Waals surface area contributed by atoms with Crippen LogP contribution in [0.15, 0.2) is 12.4 Å². The SMILES string of the molecule is Cl.Cl.Cn1ccnc1CCN1C[C@H]2CC[C@@H](C1)C2N. The molecule has 0 spiro atoms. The lowest BCUT2D eigenvalue weighted by molar-refractivity contribution is 0.148. The molecule has 2 N–H and O–H groups in total. The van der Waals surface area contributed by atoms with E-state index in [-0.39, 0.29) is 24.8 Å². The van der Waals surface area contributed by atoms with E-state index < -0.39 is 0 Å². The molecule has 1 aliphatic carbocycles. The van der Waals surface area contributed by atoms with Crippen molar-refractivity contribution in [1.29, 1.82) is 0 Å². The molecule has 0 amide bonds. The summed E-state index contributed by atoms with van der Waals surface area (Å²) in [4.78, 5) is 6.96. The molecule has 0 aromatic carbocycles. The van der Waals surface area contributed by atoms with Gasteiger partial charge in [0.15, 0.2) is 0 Å². The summed E-state index contributed by atoms with van der Waals surface area (Å²) in [6.45, 7) is 3.52. The van der Waals surface area contributed by atoms with Crippen LogP contribution in [-0.4, -0.2) is 40.1 Å².